The summed E-state index contributed by atoms with van der Waals surface area (Å²) < 4.78 is 0. The predicted octanol–water partition coefficient (Wildman–Crippen LogP) is -0.396. The molecule has 0 bridgehead atoms. The summed E-state index contributed by atoms with van der Waals surface area (Å²) in [6.45, 7) is 3.31. The van der Waals surface area contributed by atoms with Crippen molar-refractivity contribution in [1.82, 2.24) is 15.5 Å². The number of hydrogen-bond donors (Lipinski definition) is 4. The average molecular weight is 273 g/mol. The average Bonchev–Trinajstić information content (AvgIpc) is 3.16. The van der Waals surface area contributed by atoms with Gasteiger partial charge >= 0.3 is 12.0 Å². The Hall–Kier alpha value is -1.34. The van der Waals surface area contributed by atoms with Crippen LogP contribution in [0.5, 0.6) is 0 Å². The number of amides is 2. The molecule has 0 aromatic rings. The van der Waals surface area contributed by atoms with Crippen molar-refractivity contribution in [3.8, 4) is 0 Å². The minimum absolute atomic E-state index is 0.221. The minimum Gasteiger partial charge on any atom is -0.479 e. The van der Waals surface area contributed by atoms with Gasteiger partial charge in [0.1, 0.15) is 0 Å². The van der Waals surface area contributed by atoms with Gasteiger partial charge in [0.25, 0.3) is 0 Å². The molecule has 7 heteroatoms. The molecular formula is C12H23N3O4. The Balaban J connectivity index is 2.22. The van der Waals surface area contributed by atoms with E-state index >= 15 is 0 Å². The van der Waals surface area contributed by atoms with E-state index in [2.05, 4.69) is 15.5 Å². The van der Waals surface area contributed by atoms with E-state index in [1.54, 1.807) is 0 Å². The zero-order valence-corrected chi connectivity index (χ0v) is 11.6. The van der Waals surface area contributed by atoms with E-state index in [9.17, 15) is 14.7 Å². The summed E-state index contributed by atoms with van der Waals surface area (Å²) in [7, 11) is 2.02. The molecule has 0 radical (unpaired) electrons. The van der Waals surface area contributed by atoms with E-state index in [4.69, 9.17) is 5.11 Å². The van der Waals surface area contributed by atoms with Crippen LogP contribution >= 0.6 is 0 Å². The summed E-state index contributed by atoms with van der Waals surface area (Å²) in [5, 5.41) is 23.1. The molecule has 1 rings (SSSR count). The zero-order chi connectivity index (χ0) is 14.6. The first-order valence-corrected chi connectivity index (χ1v) is 6.43. The van der Waals surface area contributed by atoms with Gasteiger partial charge in [-0.3, -0.25) is 4.90 Å². The van der Waals surface area contributed by atoms with Crippen LogP contribution in [0.1, 0.15) is 26.7 Å². The molecule has 0 saturated heterocycles. The Bertz CT molecular complexity index is 342. The van der Waals surface area contributed by atoms with Crippen LogP contribution in [-0.2, 0) is 4.79 Å². The molecule has 1 aliphatic carbocycles. The van der Waals surface area contributed by atoms with Crippen LogP contribution in [0.3, 0.4) is 0 Å². The Kier molecular flexibility index (Phi) is 5.13. The standard InChI is InChI=1S/C12H23N3O4/c1-8(15(3)9-4-5-9)6-13-11(18)14-7-12(2,19)10(16)17/h8-9,19H,4-7H2,1-3H3,(H,16,17)(H2,13,14,18). The third kappa shape index (κ3) is 5.04. The highest BCUT2D eigenvalue weighted by molar-refractivity contribution is 5.79. The van der Waals surface area contributed by atoms with E-state index in [0.717, 1.165) is 6.92 Å². The molecule has 0 heterocycles. The molecule has 1 saturated carbocycles. The molecule has 1 fully saturated rings. The highest BCUT2D eigenvalue weighted by Crippen LogP contribution is 2.26. The highest BCUT2D eigenvalue weighted by Gasteiger charge is 2.31. The molecule has 0 aliphatic heterocycles. The smallest absolute Gasteiger partial charge is 0.337 e. The van der Waals surface area contributed by atoms with Crippen molar-refractivity contribution in [2.75, 3.05) is 20.1 Å². The summed E-state index contributed by atoms with van der Waals surface area (Å²) in [5.74, 6) is -1.37. The second-order valence-corrected chi connectivity index (χ2v) is 5.39. The van der Waals surface area contributed by atoms with Gasteiger partial charge < -0.3 is 20.8 Å². The summed E-state index contributed by atoms with van der Waals surface area (Å²) in [5.41, 5.74) is -1.95. The fraction of sp³-hybridized carbons (Fsp3) is 0.833. The number of urea groups is 1. The molecule has 4 N–H and O–H groups in total. The maximum Gasteiger partial charge on any atom is 0.337 e. The monoisotopic (exact) mass is 273 g/mol. The molecule has 1 aliphatic rings. The molecule has 19 heavy (non-hydrogen) atoms. The number of carbonyl (C=O) groups excluding carboxylic acids is 1. The van der Waals surface area contributed by atoms with Crippen LogP contribution in [-0.4, -0.2) is 64.9 Å². The van der Waals surface area contributed by atoms with Crippen molar-refractivity contribution < 1.29 is 19.8 Å². The van der Waals surface area contributed by atoms with Crippen LogP contribution in [0.2, 0.25) is 0 Å². The van der Waals surface area contributed by atoms with E-state index < -0.39 is 17.6 Å². The fourth-order valence-electron chi connectivity index (χ4n) is 1.62. The largest absolute Gasteiger partial charge is 0.479 e. The van der Waals surface area contributed by atoms with Gasteiger partial charge in [0.2, 0.25) is 0 Å². The number of likely N-dealkylation sites (N-methyl/N-ethyl adjacent to an activating group) is 1. The molecule has 110 valence electrons. The van der Waals surface area contributed by atoms with Crippen LogP contribution in [0.25, 0.3) is 0 Å². The van der Waals surface area contributed by atoms with Gasteiger partial charge in [-0.1, -0.05) is 0 Å². The second kappa shape index (κ2) is 6.21. The maximum absolute atomic E-state index is 11.5. The first kappa shape index (κ1) is 15.7. The van der Waals surface area contributed by atoms with E-state index in [-0.39, 0.29) is 12.6 Å². The predicted molar refractivity (Wildman–Crippen MR) is 69.9 cm³/mol. The normalized spacial score (nSPS) is 19.6. The SMILES string of the molecule is CC(CNC(=O)NCC(C)(O)C(=O)O)N(C)C1CC1. The van der Waals surface area contributed by atoms with Crippen molar-refractivity contribution in [2.24, 2.45) is 0 Å². The quantitative estimate of drug-likeness (QED) is 0.506. The minimum atomic E-state index is -1.95. The van der Waals surface area contributed by atoms with Gasteiger partial charge in [-0.2, -0.15) is 0 Å². The summed E-state index contributed by atoms with van der Waals surface area (Å²) in [4.78, 5) is 24.3. The highest BCUT2D eigenvalue weighted by atomic mass is 16.4. The van der Waals surface area contributed by atoms with Crippen molar-refractivity contribution in [3.63, 3.8) is 0 Å². The molecule has 2 unspecified atom stereocenters. The molecule has 0 aromatic carbocycles. The van der Waals surface area contributed by atoms with Gasteiger partial charge in [-0.15, -0.1) is 0 Å². The van der Waals surface area contributed by atoms with Gasteiger partial charge in [-0.05, 0) is 33.7 Å². The lowest BCUT2D eigenvalue weighted by molar-refractivity contribution is -0.155. The fourth-order valence-corrected chi connectivity index (χ4v) is 1.62. The Morgan fingerprint density at radius 1 is 1.42 bits per heavy atom. The van der Waals surface area contributed by atoms with Gasteiger partial charge in [0, 0.05) is 18.6 Å². The Labute approximate surface area is 113 Å². The molecule has 0 aromatic heterocycles. The summed E-state index contributed by atoms with van der Waals surface area (Å²) in [6.07, 6.45) is 2.41. The first-order chi connectivity index (χ1) is 8.74. The van der Waals surface area contributed by atoms with Gasteiger partial charge in [0.15, 0.2) is 5.60 Å². The molecular weight excluding hydrogens is 250 g/mol. The third-order valence-electron chi connectivity index (χ3n) is 3.43. The second-order valence-electron chi connectivity index (χ2n) is 5.39. The Morgan fingerprint density at radius 2 is 2.00 bits per heavy atom. The lowest BCUT2D eigenvalue weighted by Gasteiger charge is -2.25. The number of rotatable bonds is 7. The van der Waals surface area contributed by atoms with E-state index in [1.807, 2.05) is 14.0 Å². The summed E-state index contributed by atoms with van der Waals surface area (Å²) >= 11 is 0. The van der Waals surface area contributed by atoms with Crippen molar-refractivity contribution in [3.05, 3.63) is 0 Å². The Morgan fingerprint density at radius 3 is 2.47 bits per heavy atom. The first-order valence-electron chi connectivity index (χ1n) is 6.43. The van der Waals surface area contributed by atoms with Gasteiger partial charge in [-0.25, -0.2) is 9.59 Å². The van der Waals surface area contributed by atoms with Crippen molar-refractivity contribution in [2.45, 2.75) is 44.4 Å². The number of carboxylic acid groups (broad SMARTS) is 1. The van der Waals surface area contributed by atoms with Gasteiger partial charge in [0.05, 0.1) is 6.54 Å². The number of hydrogen-bond acceptors (Lipinski definition) is 4. The van der Waals surface area contributed by atoms with Crippen LogP contribution in [0.15, 0.2) is 0 Å². The number of nitrogens with zero attached hydrogens (tertiary/aromatic N) is 1. The van der Waals surface area contributed by atoms with E-state index in [0.29, 0.717) is 12.6 Å². The molecule has 2 amide bonds. The number of carboxylic acids is 1. The topological polar surface area (TPSA) is 102 Å². The lowest BCUT2D eigenvalue weighted by Crippen LogP contribution is -2.50. The van der Waals surface area contributed by atoms with Crippen LogP contribution in [0.4, 0.5) is 4.79 Å². The maximum atomic E-state index is 11.5. The van der Waals surface area contributed by atoms with E-state index in [1.165, 1.54) is 12.8 Å². The molecule has 2 atom stereocenters. The van der Waals surface area contributed by atoms with Crippen molar-refractivity contribution in [1.29, 1.82) is 0 Å². The molecule has 0 spiro atoms. The number of nitrogens with one attached hydrogen (secondary N) is 2. The van der Waals surface area contributed by atoms with Crippen LogP contribution in [0, 0.1) is 0 Å². The summed E-state index contributed by atoms with van der Waals surface area (Å²) in [6, 6.07) is 0.364. The number of aliphatic hydroxyl groups is 1. The number of carbonyl (C=O) groups is 2. The molecule has 7 nitrogen and oxygen atoms in total. The third-order valence-corrected chi connectivity index (χ3v) is 3.43. The zero-order valence-electron chi connectivity index (χ0n) is 11.6. The van der Waals surface area contributed by atoms with Crippen LogP contribution < -0.4 is 10.6 Å². The number of aliphatic carboxylic acids is 1. The van der Waals surface area contributed by atoms with Crippen molar-refractivity contribution >= 4 is 12.0 Å². The lowest BCUT2D eigenvalue weighted by atomic mass is 10.1.